The zero-order valence-electron chi connectivity index (χ0n) is 7.87. The van der Waals surface area contributed by atoms with E-state index >= 15 is 0 Å². The van der Waals surface area contributed by atoms with Gasteiger partial charge in [-0.15, -0.1) is 0 Å². The Morgan fingerprint density at radius 3 is 2.93 bits per heavy atom. The molecule has 0 unspecified atom stereocenters. The van der Waals surface area contributed by atoms with Gasteiger partial charge in [0.15, 0.2) is 11.5 Å². The van der Waals surface area contributed by atoms with Crippen molar-refractivity contribution in [2.45, 2.75) is 0 Å². The topological polar surface area (TPSA) is 31.4 Å². The van der Waals surface area contributed by atoms with Crippen LogP contribution in [0.2, 0.25) is 0 Å². The summed E-state index contributed by atoms with van der Waals surface area (Å²) >= 11 is 3.50. The summed E-state index contributed by atoms with van der Waals surface area (Å²) in [6, 6.07) is 5.74. The normalized spacial score (nSPS) is 14.2. The van der Waals surface area contributed by atoms with Gasteiger partial charge in [0.05, 0.1) is 10.9 Å². The van der Waals surface area contributed by atoms with Crippen LogP contribution >= 0.6 is 15.9 Å². The highest BCUT2D eigenvalue weighted by Crippen LogP contribution is 2.40. The summed E-state index contributed by atoms with van der Waals surface area (Å²) in [5.74, 6) is 1.58. The number of halogens is 1. The molecule has 3 rings (SSSR count). The maximum absolute atomic E-state index is 5.62. The number of pyridine rings is 1. The van der Waals surface area contributed by atoms with E-state index in [4.69, 9.17) is 9.47 Å². The lowest BCUT2D eigenvalue weighted by molar-refractivity contribution is 0.174. The Morgan fingerprint density at radius 2 is 2.00 bits per heavy atom. The van der Waals surface area contributed by atoms with E-state index in [9.17, 15) is 0 Å². The molecule has 4 heteroatoms. The third-order valence-corrected chi connectivity index (χ3v) is 3.02. The highest BCUT2D eigenvalue weighted by molar-refractivity contribution is 9.10. The van der Waals surface area contributed by atoms with Gasteiger partial charge in [0.1, 0.15) is 13.2 Å². The first-order valence-corrected chi connectivity index (χ1v) is 5.48. The molecule has 0 radical (unpaired) electrons. The van der Waals surface area contributed by atoms with E-state index in [1.807, 2.05) is 18.2 Å². The van der Waals surface area contributed by atoms with Crippen LogP contribution in [0.25, 0.3) is 10.9 Å². The summed E-state index contributed by atoms with van der Waals surface area (Å²) in [6.07, 6.45) is 1.77. The van der Waals surface area contributed by atoms with Crippen LogP contribution in [0.1, 0.15) is 0 Å². The largest absolute Gasteiger partial charge is 0.486 e. The number of fused-ring (bicyclic) bond motifs is 3. The van der Waals surface area contributed by atoms with Crippen molar-refractivity contribution in [1.29, 1.82) is 0 Å². The number of hydrogen-bond acceptors (Lipinski definition) is 3. The molecule has 0 saturated carbocycles. The maximum Gasteiger partial charge on any atom is 0.171 e. The van der Waals surface area contributed by atoms with Crippen LogP contribution in [0.4, 0.5) is 0 Å². The van der Waals surface area contributed by atoms with Gasteiger partial charge in [-0.25, -0.2) is 0 Å². The first-order chi connectivity index (χ1) is 7.36. The smallest absolute Gasteiger partial charge is 0.171 e. The number of ether oxygens (including phenoxy) is 2. The molecular formula is C11H8BrNO2. The van der Waals surface area contributed by atoms with Gasteiger partial charge >= 0.3 is 0 Å². The van der Waals surface area contributed by atoms with Crippen LogP contribution in [0.15, 0.2) is 28.9 Å². The van der Waals surface area contributed by atoms with Gasteiger partial charge in [0.2, 0.25) is 0 Å². The second-order valence-electron chi connectivity index (χ2n) is 3.28. The average Bonchev–Trinajstić information content (AvgIpc) is 2.29. The molecule has 1 aliphatic heterocycles. The third kappa shape index (κ3) is 1.36. The molecule has 1 aromatic carbocycles. The van der Waals surface area contributed by atoms with Crippen molar-refractivity contribution in [3.05, 3.63) is 28.9 Å². The van der Waals surface area contributed by atoms with E-state index in [-0.39, 0.29) is 0 Å². The van der Waals surface area contributed by atoms with Gasteiger partial charge in [-0.05, 0) is 34.1 Å². The summed E-state index contributed by atoms with van der Waals surface area (Å²) < 4.78 is 12.1. The molecule has 1 aromatic heterocycles. The molecule has 0 saturated heterocycles. The summed E-state index contributed by atoms with van der Waals surface area (Å²) in [4.78, 5) is 4.28. The van der Waals surface area contributed by atoms with E-state index in [0.717, 1.165) is 26.9 Å². The molecule has 0 N–H and O–H groups in total. The Balaban J connectivity index is 2.39. The first kappa shape index (κ1) is 8.97. The predicted octanol–water partition coefficient (Wildman–Crippen LogP) is 2.77. The molecule has 0 bridgehead atoms. The molecule has 0 aliphatic carbocycles. The Kier molecular flexibility index (Phi) is 2.02. The molecule has 0 spiro atoms. The fraction of sp³-hybridized carbons (Fsp3) is 0.182. The summed E-state index contributed by atoms with van der Waals surface area (Å²) in [5, 5.41) is 0.981. The van der Waals surface area contributed by atoms with Crippen molar-refractivity contribution in [1.82, 2.24) is 4.98 Å². The standard InChI is InChI=1S/C11H8BrNO2/c12-7-3-4-13-8-1-2-9-11(10(7)8)15-6-5-14-9/h1-4H,5-6H2. The lowest BCUT2D eigenvalue weighted by atomic mass is 10.2. The lowest BCUT2D eigenvalue weighted by Crippen LogP contribution is -2.15. The van der Waals surface area contributed by atoms with Crippen LogP contribution < -0.4 is 9.47 Å². The third-order valence-electron chi connectivity index (χ3n) is 2.36. The van der Waals surface area contributed by atoms with E-state index in [1.54, 1.807) is 6.20 Å². The van der Waals surface area contributed by atoms with Gasteiger partial charge in [0.25, 0.3) is 0 Å². The summed E-state index contributed by atoms with van der Waals surface area (Å²) in [5.41, 5.74) is 0.911. The molecule has 0 amide bonds. The number of aromatic nitrogens is 1. The van der Waals surface area contributed by atoms with Gasteiger partial charge in [0, 0.05) is 10.7 Å². The molecular weight excluding hydrogens is 258 g/mol. The van der Waals surface area contributed by atoms with Gasteiger partial charge in [-0.1, -0.05) is 0 Å². The lowest BCUT2D eigenvalue weighted by Gasteiger charge is -2.19. The molecule has 0 atom stereocenters. The quantitative estimate of drug-likeness (QED) is 0.734. The van der Waals surface area contributed by atoms with Crippen LogP contribution in [-0.4, -0.2) is 18.2 Å². The van der Waals surface area contributed by atoms with Crippen molar-refractivity contribution >= 4 is 26.8 Å². The van der Waals surface area contributed by atoms with Gasteiger partial charge in [-0.3, -0.25) is 4.98 Å². The Hall–Kier alpha value is -1.29. The second kappa shape index (κ2) is 3.38. The molecule has 2 aromatic rings. The van der Waals surface area contributed by atoms with Crippen molar-refractivity contribution in [2.24, 2.45) is 0 Å². The number of hydrogen-bond donors (Lipinski definition) is 0. The highest BCUT2D eigenvalue weighted by atomic mass is 79.9. The predicted molar refractivity (Wildman–Crippen MR) is 60.4 cm³/mol. The zero-order valence-corrected chi connectivity index (χ0v) is 9.45. The fourth-order valence-corrected chi connectivity index (χ4v) is 2.21. The highest BCUT2D eigenvalue weighted by Gasteiger charge is 2.16. The molecule has 15 heavy (non-hydrogen) atoms. The maximum atomic E-state index is 5.62. The summed E-state index contributed by atoms with van der Waals surface area (Å²) in [7, 11) is 0. The summed E-state index contributed by atoms with van der Waals surface area (Å²) in [6.45, 7) is 1.20. The Morgan fingerprint density at radius 1 is 1.13 bits per heavy atom. The minimum atomic E-state index is 0.591. The van der Waals surface area contributed by atoms with Crippen molar-refractivity contribution < 1.29 is 9.47 Å². The van der Waals surface area contributed by atoms with Crippen molar-refractivity contribution in [3.8, 4) is 11.5 Å². The minimum absolute atomic E-state index is 0.591. The molecule has 0 fully saturated rings. The number of rotatable bonds is 0. The molecule has 76 valence electrons. The molecule has 2 heterocycles. The first-order valence-electron chi connectivity index (χ1n) is 4.69. The van der Waals surface area contributed by atoms with E-state index < -0.39 is 0 Å². The fourth-order valence-electron chi connectivity index (χ4n) is 1.71. The monoisotopic (exact) mass is 265 g/mol. The number of benzene rings is 1. The molecule has 1 aliphatic rings. The van der Waals surface area contributed by atoms with E-state index in [0.29, 0.717) is 13.2 Å². The Bertz CT molecular complexity index is 527. The van der Waals surface area contributed by atoms with Crippen molar-refractivity contribution in [2.75, 3.05) is 13.2 Å². The van der Waals surface area contributed by atoms with Crippen LogP contribution in [0.3, 0.4) is 0 Å². The van der Waals surface area contributed by atoms with Gasteiger partial charge < -0.3 is 9.47 Å². The van der Waals surface area contributed by atoms with Crippen molar-refractivity contribution in [3.63, 3.8) is 0 Å². The number of nitrogens with zero attached hydrogens (tertiary/aromatic N) is 1. The minimum Gasteiger partial charge on any atom is -0.486 e. The molecule has 3 nitrogen and oxygen atoms in total. The average molecular weight is 266 g/mol. The van der Waals surface area contributed by atoms with E-state index in [1.165, 1.54) is 0 Å². The SMILES string of the molecule is Brc1ccnc2ccc3c(c12)OCCO3. The second-order valence-corrected chi connectivity index (χ2v) is 4.13. The van der Waals surface area contributed by atoms with Gasteiger partial charge in [-0.2, -0.15) is 0 Å². The van der Waals surface area contributed by atoms with Crippen LogP contribution in [-0.2, 0) is 0 Å². The van der Waals surface area contributed by atoms with Crippen LogP contribution in [0, 0.1) is 0 Å². The van der Waals surface area contributed by atoms with Crippen LogP contribution in [0.5, 0.6) is 11.5 Å². The van der Waals surface area contributed by atoms with E-state index in [2.05, 4.69) is 20.9 Å². The Labute approximate surface area is 95.2 Å². The zero-order chi connectivity index (χ0) is 10.3.